The third-order valence-electron chi connectivity index (χ3n) is 13.8. The minimum absolute atomic E-state index is 0.155. The van der Waals surface area contributed by atoms with Crippen molar-refractivity contribution >= 4 is 11.6 Å². The lowest BCUT2D eigenvalue weighted by Gasteiger charge is -2.72. The van der Waals surface area contributed by atoms with E-state index in [4.69, 9.17) is 4.74 Å². The van der Waals surface area contributed by atoms with E-state index < -0.39 is 0 Å². The van der Waals surface area contributed by atoms with Crippen molar-refractivity contribution in [2.75, 3.05) is 6.61 Å². The number of carbonyl (C=O) groups excluding carboxylic acids is 2. The Bertz CT molecular complexity index is 918. The van der Waals surface area contributed by atoms with Crippen molar-refractivity contribution in [1.29, 1.82) is 0 Å². The van der Waals surface area contributed by atoms with E-state index in [1.165, 1.54) is 38.5 Å². The molecule has 9 atom stereocenters. The number of ether oxygens (including phenoxy) is 1. The predicted octanol–water partition coefficient (Wildman–Crippen LogP) is 6.62. The molecule has 2 bridgehead atoms. The monoisotopic (exact) mass is 454 g/mol. The molecule has 0 spiro atoms. The summed E-state index contributed by atoms with van der Waals surface area (Å²) in [6.45, 7) is 17.6. The summed E-state index contributed by atoms with van der Waals surface area (Å²) in [6.07, 6.45) is 10.4. The van der Waals surface area contributed by atoms with Gasteiger partial charge in [0.25, 0.3) is 0 Å². The SMILES string of the molecule is CC1(C)CC[C@]23CC[C@]4(C)[C@H](CC[C@@H]5[C@@]6(C)C(=O)CC(=O)C(C)(C)[C@@H]6CC[C@]54C)[C@H]2[C@H]1OC3. The van der Waals surface area contributed by atoms with Gasteiger partial charge in [0.05, 0.1) is 19.1 Å². The van der Waals surface area contributed by atoms with Gasteiger partial charge in [-0.3, -0.25) is 9.59 Å². The zero-order chi connectivity index (χ0) is 23.8. The normalized spacial score (nSPS) is 56.4. The zero-order valence-electron chi connectivity index (χ0n) is 22.2. The molecule has 0 amide bonds. The number of rotatable bonds is 0. The molecule has 0 aromatic heterocycles. The van der Waals surface area contributed by atoms with Gasteiger partial charge in [-0.05, 0) is 96.7 Å². The fourth-order valence-corrected chi connectivity index (χ4v) is 11.5. The lowest BCUT2D eigenvalue weighted by Crippen LogP contribution is -2.69. The second-order valence-electron chi connectivity index (χ2n) is 15.3. The van der Waals surface area contributed by atoms with Crippen LogP contribution in [0.25, 0.3) is 0 Å². The molecule has 0 N–H and O–H groups in total. The summed E-state index contributed by atoms with van der Waals surface area (Å²) in [7, 11) is 0. The van der Waals surface area contributed by atoms with Crippen molar-refractivity contribution in [3.8, 4) is 0 Å². The molecule has 3 heteroatoms. The van der Waals surface area contributed by atoms with Crippen LogP contribution < -0.4 is 0 Å². The van der Waals surface area contributed by atoms with Gasteiger partial charge >= 0.3 is 0 Å². The number of carbonyl (C=O) groups is 2. The highest BCUT2D eigenvalue weighted by atomic mass is 16.5. The Labute approximate surface area is 201 Å². The Morgan fingerprint density at radius 1 is 0.727 bits per heavy atom. The van der Waals surface area contributed by atoms with E-state index in [-0.39, 0.29) is 51.0 Å². The molecule has 6 rings (SSSR count). The lowest BCUT2D eigenvalue weighted by atomic mass is 9.31. The molecule has 1 saturated heterocycles. The molecule has 33 heavy (non-hydrogen) atoms. The molecule has 0 aromatic rings. The van der Waals surface area contributed by atoms with Gasteiger partial charge in [-0.1, -0.05) is 48.5 Å². The third-order valence-corrected chi connectivity index (χ3v) is 13.8. The van der Waals surface area contributed by atoms with Crippen LogP contribution in [0.15, 0.2) is 0 Å². The number of Topliss-reactive ketones (excluding diaryl/α,β-unsaturated/α-hetero) is 2. The highest BCUT2D eigenvalue weighted by molar-refractivity contribution is 6.07. The average molecular weight is 455 g/mol. The van der Waals surface area contributed by atoms with Crippen LogP contribution in [0.2, 0.25) is 0 Å². The fraction of sp³-hybridized carbons (Fsp3) is 0.933. The van der Waals surface area contributed by atoms with E-state index in [0.717, 1.165) is 19.4 Å². The van der Waals surface area contributed by atoms with Crippen LogP contribution in [0.1, 0.15) is 106 Å². The first-order chi connectivity index (χ1) is 15.2. The molecule has 6 aliphatic rings. The maximum Gasteiger partial charge on any atom is 0.146 e. The highest BCUT2D eigenvalue weighted by Crippen LogP contribution is 2.77. The minimum atomic E-state index is -0.376. The second kappa shape index (κ2) is 6.34. The summed E-state index contributed by atoms with van der Waals surface area (Å²) >= 11 is 0. The van der Waals surface area contributed by atoms with Crippen LogP contribution >= 0.6 is 0 Å². The van der Waals surface area contributed by atoms with Gasteiger partial charge in [-0.25, -0.2) is 0 Å². The van der Waals surface area contributed by atoms with Crippen molar-refractivity contribution in [1.82, 2.24) is 0 Å². The van der Waals surface area contributed by atoms with Gasteiger partial charge < -0.3 is 4.74 Å². The van der Waals surface area contributed by atoms with E-state index in [2.05, 4.69) is 48.5 Å². The smallest absolute Gasteiger partial charge is 0.146 e. The topological polar surface area (TPSA) is 43.4 Å². The van der Waals surface area contributed by atoms with Gasteiger partial charge in [0, 0.05) is 10.8 Å². The molecule has 5 saturated carbocycles. The Morgan fingerprint density at radius 2 is 1.42 bits per heavy atom. The van der Waals surface area contributed by atoms with Crippen LogP contribution in [-0.2, 0) is 14.3 Å². The molecule has 6 fully saturated rings. The van der Waals surface area contributed by atoms with E-state index in [0.29, 0.717) is 29.3 Å². The van der Waals surface area contributed by atoms with Crippen molar-refractivity contribution in [2.24, 2.45) is 56.2 Å². The summed E-state index contributed by atoms with van der Waals surface area (Å²) in [5.74, 6) is 2.41. The molecule has 5 aliphatic carbocycles. The number of hydrogen-bond donors (Lipinski definition) is 0. The average Bonchev–Trinajstić information content (AvgIpc) is 3.07. The van der Waals surface area contributed by atoms with Gasteiger partial charge in [-0.2, -0.15) is 0 Å². The summed E-state index contributed by atoms with van der Waals surface area (Å²) in [5, 5.41) is 0. The molecule has 0 unspecified atom stereocenters. The van der Waals surface area contributed by atoms with E-state index in [1.54, 1.807) is 0 Å². The van der Waals surface area contributed by atoms with Gasteiger partial charge in [0.15, 0.2) is 0 Å². The van der Waals surface area contributed by atoms with Crippen molar-refractivity contribution in [2.45, 2.75) is 112 Å². The molecular weight excluding hydrogens is 408 g/mol. The van der Waals surface area contributed by atoms with E-state index >= 15 is 0 Å². The fourth-order valence-electron chi connectivity index (χ4n) is 11.5. The Balaban J connectivity index is 1.42. The van der Waals surface area contributed by atoms with E-state index in [1.807, 2.05) is 0 Å². The van der Waals surface area contributed by atoms with Crippen molar-refractivity contribution in [3.05, 3.63) is 0 Å². The number of ketones is 2. The minimum Gasteiger partial charge on any atom is -0.377 e. The summed E-state index contributed by atoms with van der Waals surface area (Å²) in [5.41, 5.74) is 0.366. The lowest BCUT2D eigenvalue weighted by molar-refractivity contribution is -0.234. The van der Waals surface area contributed by atoms with Gasteiger partial charge in [0.2, 0.25) is 0 Å². The summed E-state index contributed by atoms with van der Waals surface area (Å²) in [4.78, 5) is 26.6. The molecule has 0 radical (unpaired) electrons. The second-order valence-corrected chi connectivity index (χ2v) is 15.3. The van der Waals surface area contributed by atoms with Gasteiger partial charge in [0.1, 0.15) is 11.6 Å². The summed E-state index contributed by atoms with van der Waals surface area (Å²) in [6, 6.07) is 0. The first kappa shape index (κ1) is 22.7. The quantitative estimate of drug-likeness (QED) is 0.386. The molecular formula is C30H46O3. The highest BCUT2D eigenvalue weighted by Gasteiger charge is 2.74. The summed E-state index contributed by atoms with van der Waals surface area (Å²) < 4.78 is 6.66. The Hall–Kier alpha value is -0.700. The predicted molar refractivity (Wildman–Crippen MR) is 130 cm³/mol. The zero-order valence-corrected chi connectivity index (χ0v) is 22.2. The largest absolute Gasteiger partial charge is 0.377 e. The van der Waals surface area contributed by atoms with Crippen molar-refractivity contribution < 1.29 is 14.3 Å². The Morgan fingerprint density at radius 3 is 2.15 bits per heavy atom. The van der Waals surface area contributed by atoms with Crippen LogP contribution in [0.3, 0.4) is 0 Å². The van der Waals surface area contributed by atoms with Crippen LogP contribution in [0.5, 0.6) is 0 Å². The molecule has 184 valence electrons. The van der Waals surface area contributed by atoms with Crippen molar-refractivity contribution in [3.63, 3.8) is 0 Å². The van der Waals surface area contributed by atoms with Crippen LogP contribution in [0, 0.1) is 56.2 Å². The Kier molecular flexibility index (Phi) is 4.37. The maximum absolute atomic E-state index is 13.7. The number of fused-ring (bicyclic) bond motifs is 5. The standard InChI is InChI=1S/C30H46O3/c1-25(2)12-14-30-15-13-27(5)18(23(30)24(25)33-17-30)8-9-20-28(27,6)11-10-19-26(3,4)21(31)16-22(32)29(19,20)7/h18-20,23-24H,8-17H2,1-7H3/t18-,19+,20+,23+,24-,27-,28-,29+,30-/m1/s1. The molecule has 0 aromatic carbocycles. The third kappa shape index (κ3) is 2.42. The number of hydrogen-bond acceptors (Lipinski definition) is 3. The molecule has 1 heterocycles. The van der Waals surface area contributed by atoms with Gasteiger partial charge in [-0.15, -0.1) is 0 Å². The molecule has 1 aliphatic heterocycles. The van der Waals surface area contributed by atoms with Crippen LogP contribution in [0.4, 0.5) is 0 Å². The first-order valence-corrected chi connectivity index (χ1v) is 13.9. The maximum atomic E-state index is 13.7. The van der Waals surface area contributed by atoms with Crippen LogP contribution in [-0.4, -0.2) is 24.3 Å². The van der Waals surface area contributed by atoms with E-state index in [9.17, 15) is 9.59 Å². The first-order valence-electron chi connectivity index (χ1n) is 13.9. The molecule has 3 nitrogen and oxygen atoms in total.